The maximum absolute atomic E-state index is 9.08. The Morgan fingerprint density at radius 3 is 2.90 bits per heavy atom. The molecule has 1 unspecified atom stereocenters. The first-order valence-electron chi connectivity index (χ1n) is 6.94. The number of nitrogens with one attached hydrogen (secondary N) is 1. The lowest BCUT2D eigenvalue weighted by molar-refractivity contribution is 0.585. The second kappa shape index (κ2) is 8.39. The van der Waals surface area contributed by atoms with Crippen molar-refractivity contribution in [1.82, 2.24) is 25.5 Å². The van der Waals surface area contributed by atoms with Crippen LogP contribution in [-0.4, -0.2) is 38.5 Å². The maximum Gasteiger partial charge on any atom is 0.214 e. The fourth-order valence-electron chi connectivity index (χ4n) is 1.80. The molecule has 1 heterocycles. The van der Waals surface area contributed by atoms with Crippen LogP contribution < -0.4 is 5.32 Å². The molecule has 1 atom stereocenters. The fourth-order valence-corrected chi connectivity index (χ4v) is 2.69. The van der Waals surface area contributed by atoms with E-state index in [0.717, 1.165) is 36.0 Å². The molecule has 110 valence electrons. The number of hydrogen-bond acceptors (Lipinski definition) is 6. The molecule has 0 amide bonds. The summed E-state index contributed by atoms with van der Waals surface area (Å²) in [6.07, 6.45) is 1.79. The minimum atomic E-state index is -0.112. The summed E-state index contributed by atoms with van der Waals surface area (Å²) in [5, 5.41) is 24.8. The number of thioether (sulfide) groups is 1. The number of tetrazole rings is 1. The van der Waals surface area contributed by atoms with Crippen LogP contribution in [0.5, 0.6) is 0 Å². The molecule has 0 aliphatic heterocycles. The van der Waals surface area contributed by atoms with E-state index in [9.17, 15) is 0 Å². The predicted molar refractivity (Wildman–Crippen MR) is 82.2 cm³/mol. The molecule has 0 spiro atoms. The summed E-state index contributed by atoms with van der Waals surface area (Å²) in [5.41, 5.74) is 0.936. The highest BCUT2D eigenvalue weighted by Gasteiger charge is 2.11. The number of hydrogen-bond donors (Lipinski definition) is 1. The van der Waals surface area contributed by atoms with Gasteiger partial charge in [-0.05, 0) is 41.9 Å². The van der Waals surface area contributed by atoms with Gasteiger partial charge in [0, 0.05) is 5.75 Å². The van der Waals surface area contributed by atoms with Gasteiger partial charge in [-0.1, -0.05) is 36.9 Å². The van der Waals surface area contributed by atoms with Gasteiger partial charge in [-0.25, -0.2) is 0 Å². The van der Waals surface area contributed by atoms with Gasteiger partial charge in [-0.15, -0.1) is 5.10 Å². The van der Waals surface area contributed by atoms with Crippen LogP contribution in [0.1, 0.15) is 19.8 Å². The van der Waals surface area contributed by atoms with Crippen LogP contribution in [0.3, 0.4) is 0 Å². The van der Waals surface area contributed by atoms with Crippen LogP contribution in [0.25, 0.3) is 5.69 Å². The monoisotopic (exact) mass is 302 g/mol. The van der Waals surface area contributed by atoms with E-state index in [2.05, 4.69) is 33.8 Å². The lowest BCUT2D eigenvalue weighted by Crippen LogP contribution is -2.28. The highest BCUT2D eigenvalue weighted by molar-refractivity contribution is 7.99. The molecule has 7 heteroatoms. The first kappa shape index (κ1) is 15.5. The van der Waals surface area contributed by atoms with E-state index < -0.39 is 0 Å². The molecule has 0 fully saturated rings. The number of rotatable bonds is 8. The SMILES string of the molecule is CCCNC(C#N)CCSc1nnnn1-c1ccccc1. The quantitative estimate of drug-likeness (QED) is 0.752. The summed E-state index contributed by atoms with van der Waals surface area (Å²) in [7, 11) is 0. The van der Waals surface area contributed by atoms with Gasteiger partial charge >= 0.3 is 0 Å². The van der Waals surface area contributed by atoms with E-state index in [-0.39, 0.29) is 6.04 Å². The number of benzene rings is 1. The Balaban J connectivity index is 1.90. The zero-order valence-corrected chi connectivity index (χ0v) is 12.8. The van der Waals surface area contributed by atoms with Crippen molar-refractivity contribution >= 4 is 11.8 Å². The molecule has 2 aromatic rings. The number of nitrogens with zero attached hydrogens (tertiary/aromatic N) is 5. The van der Waals surface area contributed by atoms with Crippen molar-refractivity contribution < 1.29 is 0 Å². The maximum atomic E-state index is 9.08. The number of aromatic nitrogens is 4. The van der Waals surface area contributed by atoms with E-state index in [1.807, 2.05) is 30.3 Å². The van der Waals surface area contributed by atoms with Gasteiger partial charge in [0.2, 0.25) is 5.16 Å². The number of para-hydroxylation sites is 1. The first-order valence-corrected chi connectivity index (χ1v) is 7.93. The van der Waals surface area contributed by atoms with Gasteiger partial charge < -0.3 is 5.32 Å². The third-order valence-corrected chi connectivity index (χ3v) is 3.83. The normalized spacial score (nSPS) is 12.0. The molecule has 1 aromatic carbocycles. The predicted octanol–water partition coefficient (Wildman–Crippen LogP) is 2.04. The summed E-state index contributed by atoms with van der Waals surface area (Å²) in [6, 6.07) is 11.9. The molecule has 0 saturated carbocycles. The summed E-state index contributed by atoms with van der Waals surface area (Å²) in [6.45, 7) is 2.95. The molecule has 0 bridgehead atoms. The van der Waals surface area contributed by atoms with Gasteiger partial charge in [0.1, 0.15) is 0 Å². The van der Waals surface area contributed by atoms with Crippen LogP contribution in [0, 0.1) is 11.3 Å². The molecule has 1 aromatic heterocycles. The minimum absolute atomic E-state index is 0.112. The smallest absolute Gasteiger partial charge is 0.214 e. The summed E-state index contributed by atoms with van der Waals surface area (Å²) in [5.74, 6) is 0.794. The molecule has 6 nitrogen and oxygen atoms in total. The number of nitriles is 1. The summed E-state index contributed by atoms with van der Waals surface area (Å²) < 4.78 is 1.71. The Bertz CT molecular complexity index is 577. The lowest BCUT2D eigenvalue weighted by Gasteiger charge is -2.09. The minimum Gasteiger partial charge on any atom is -0.302 e. The van der Waals surface area contributed by atoms with Crippen molar-refractivity contribution in [3.05, 3.63) is 30.3 Å². The van der Waals surface area contributed by atoms with Crippen molar-refractivity contribution in [3.8, 4) is 11.8 Å². The van der Waals surface area contributed by atoms with Gasteiger partial charge in [-0.3, -0.25) is 0 Å². The zero-order chi connectivity index (χ0) is 14.9. The Hall–Kier alpha value is -1.91. The van der Waals surface area contributed by atoms with E-state index in [4.69, 9.17) is 5.26 Å². The van der Waals surface area contributed by atoms with E-state index in [1.54, 1.807) is 16.4 Å². The van der Waals surface area contributed by atoms with Gasteiger partial charge in [0.05, 0.1) is 17.8 Å². The van der Waals surface area contributed by atoms with Crippen LogP contribution in [0.15, 0.2) is 35.5 Å². The van der Waals surface area contributed by atoms with Crippen LogP contribution in [0.4, 0.5) is 0 Å². The van der Waals surface area contributed by atoms with Gasteiger partial charge in [-0.2, -0.15) is 9.94 Å². The van der Waals surface area contributed by atoms with E-state index >= 15 is 0 Å². The molecular formula is C14H18N6S. The molecular weight excluding hydrogens is 284 g/mol. The molecule has 0 saturated heterocycles. The van der Waals surface area contributed by atoms with Crippen LogP contribution in [0.2, 0.25) is 0 Å². The molecule has 1 N–H and O–H groups in total. The van der Waals surface area contributed by atoms with Crippen molar-refractivity contribution in [1.29, 1.82) is 5.26 Å². The molecule has 21 heavy (non-hydrogen) atoms. The second-order valence-electron chi connectivity index (χ2n) is 4.48. The Kier molecular flexibility index (Phi) is 6.19. The Morgan fingerprint density at radius 2 is 2.19 bits per heavy atom. The van der Waals surface area contributed by atoms with E-state index in [0.29, 0.717) is 0 Å². The summed E-state index contributed by atoms with van der Waals surface area (Å²) in [4.78, 5) is 0. The molecule has 0 aliphatic rings. The second-order valence-corrected chi connectivity index (χ2v) is 5.54. The highest BCUT2D eigenvalue weighted by atomic mass is 32.2. The van der Waals surface area contributed by atoms with Crippen LogP contribution >= 0.6 is 11.8 Å². The average Bonchev–Trinajstić information content (AvgIpc) is 3.00. The van der Waals surface area contributed by atoms with Crippen molar-refractivity contribution in [3.63, 3.8) is 0 Å². The standard InChI is InChI=1S/C14H18N6S/c1-2-9-16-12(11-15)8-10-21-14-17-18-19-20(14)13-6-4-3-5-7-13/h3-7,12,16H,2,8-10H2,1H3. The van der Waals surface area contributed by atoms with E-state index in [1.165, 1.54) is 0 Å². The zero-order valence-electron chi connectivity index (χ0n) is 11.9. The van der Waals surface area contributed by atoms with Gasteiger partial charge in [0.15, 0.2) is 0 Å². The first-order chi connectivity index (χ1) is 10.3. The topological polar surface area (TPSA) is 79.4 Å². The molecule has 0 radical (unpaired) electrons. The fraction of sp³-hybridized carbons (Fsp3) is 0.429. The molecule has 0 aliphatic carbocycles. The van der Waals surface area contributed by atoms with Crippen molar-refractivity contribution in [2.24, 2.45) is 0 Å². The molecule has 2 rings (SSSR count). The highest BCUT2D eigenvalue weighted by Crippen LogP contribution is 2.19. The lowest BCUT2D eigenvalue weighted by atomic mass is 10.2. The third-order valence-electron chi connectivity index (χ3n) is 2.88. The summed E-state index contributed by atoms with van der Waals surface area (Å²) >= 11 is 1.56. The largest absolute Gasteiger partial charge is 0.302 e. The van der Waals surface area contributed by atoms with Crippen LogP contribution in [-0.2, 0) is 0 Å². The Labute approximate surface area is 128 Å². The average molecular weight is 302 g/mol. The van der Waals surface area contributed by atoms with Crippen molar-refractivity contribution in [2.75, 3.05) is 12.3 Å². The third kappa shape index (κ3) is 4.55. The Morgan fingerprint density at radius 1 is 1.38 bits per heavy atom. The van der Waals surface area contributed by atoms with Gasteiger partial charge in [0.25, 0.3) is 0 Å². The van der Waals surface area contributed by atoms with Crippen molar-refractivity contribution in [2.45, 2.75) is 31.0 Å².